The summed E-state index contributed by atoms with van der Waals surface area (Å²) < 4.78 is 6.22. The Kier molecular flexibility index (Phi) is 4.57. The van der Waals surface area contributed by atoms with Gasteiger partial charge >= 0.3 is 5.97 Å². The van der Waals surface area contributed by atoms with Crippen molar-refractivity contribution in [1.82, 2.24) is 10.2 Å². The quantitative estimate of drug-likeness (QED) is 0.576. The van der Waals surface area contributed by atoms with Gasteiger partial charge in [0.05, 0.1) is 11.0 Å². The number of nitrogens with zero attached hydrogens (tertiary/aromatic N) is 1. The van der Waals surface area contributed by atoms with Gasteiger partial charge in [-0.1, -0.05) is 6.07 Å². The molecule has 1 aromatic rings. The SMILES string of the molecule is O=C(O)CCCC(=O)N[C@@]12CCC(=O)C3Oc4c(O)ccc5c4[C@@]31CCN(CC1CC1)[C@@H]2C5. The molecule has 33 heavy (non-hydrogen) atoms. The maximum Gasteiger partial charge on any atom is 0.303 e. The van der Waals surface area contributed by atoms with E-state index in [1.54, 1.807) is 6.07 Å². The molecule has 8 nitrogen and oxygen atoms in total. The number of amides is 1. The Labute approximate surface area is 192 Å². The average molecular weight is 455 g/mol. The molecule has 0 radical (unpaired) electrons. The number of phenolic OH excluding ortho intramolecular Hbond substituents is 1. The largest absolute Gasteiger partial charge is 0.504 e. The highest BCUT2D eigenvalue weighted by Crippen LogP contribution is 2.65. The zero-order chi connectivity index (χ0) is 23.0. The van der Waals surface area contributed by atoms with Crippen LogP contribution in [-0.2, 0) is 26.2 Å². The number of rotatable bonds is 7. The van der Waals surface area contributed by atoms with Crippen molar-refractivity contribution in [3.8, 4) is 11.5 Å². The third-order valence-electron chi connectivity index (χ3n) is 8.77. The standard InChI is InChI=1S/C25H30N2O6/c28-16-7-6-15-12-18-25(26-19(30)2-1-3-20(31)32)9-8-17(29)23-24(25,21(15)22(16)33-23)10-11-27(18)13-14-4-5-14/h6-7,14,18,23,28H,1-5,8-13H2,(H,26,30)(H,31,32)/t18-,23?,24+,25-/m1/s1. The molecule has 1 spiro atoms. The molecular formula is C25H30N2O6. The van der Waals surface area contributed by atoms with Crippen LogP contribution in [0, 0.1) is 5.92 Å². The van der Waals surface area contributed by atoms with Gasteiger partial charge < -0.3 is 20.3 Å². The van der Waals surface area contributed by atoms with Gasteiger partial charge in [0.2, 0.25) is 5.91 Å². The molecule has 2 aliphatic heterocycles. The number of ketones is 1. The molecule has 1 unspecified atom stereocenters. The number of piperidine rings is 1. The minimum atomic E-state index is -0.911. The summed E-state index contributed by atoms with van der Waals surface area (Å²) in [5, 5.41) is 23.0. The fraction of sp³-hybridized carbons (Fsp3) is 0.640. The number of aliphatic carboxylic acids is 1. The molecule has 2 bridgehead atoms. The lowest BCUT2D eigenvalue weighted by atomic mass is 9.47. The molecule has 2 saturated carbocycles. The Morgan fingerprint density at radius 1 is 1.21 bits per heavy atom. The first-order chi connectivity index (χ1) is 15.9. The monoisotopic (exact) mass is 454 g/mol. The minimum Gasteiger partial charge on any atom is -0.504 e. The van der Waals surface area contributed by atoms with E-state index in [0.717, 1.165) is 30.6 Å². The van der Waals surface area contributed by atoms with E-state index in [1.165, 1.54) is 12.8 Å². The summed E-state index contributed by atoms with van der Waals surface area (Å²) in [6, 6.07) is 3.65. The second-order valence-corrected chi connectivity index (χ2v) is 10.6. The molecule has 4 atom stereocenters. The first-order valence-corrected chi connectivity index (χ1v) is 12.2. The predicted molar refractivity (Wildman–Crippen MR) is 117 cm³/mol. The molecule has 8 heteroatoms. The Bertz CT molecular complexity index is 1050. The number of nitrogens with one attached hydrogen (secondary N) is 1. The van der Waals surface area contributed by atoms with Crippen LogP contribution in [0.2, 0.25) is 0 Å². The Morgan fingerprint density at radius 3 is 2.79 bits per heavy atom. The molecule has 3 fully saturated rings. The summed E-state index contributed by atoms with van der Waals surface area (Å²) >= 11 is 0. The molecular weight excluding hydrogens is 424 g/mol. The Hall–Kier alpha value is -2.61. The zero-order valence-electron chi connectivity index (χ0n) is 18.6. The van der Waals surface area contributed by atoms with Crippen LogP contribution < -0.4 is 10.1 Å². The van der Waals surface area contributed by atoms with E-state index in [0.29, 0.717) is 30.9 Å². The number of hydrogen-bond acceptors (Lipinski definition) is 6. The maximum atomic E-state index is 13.2. The van der Waals surface area contributed by atoms with Gasteiger partial charge in [-0.25, -0.2) is 0 Å². The van der Waals surface area contributed by atoms with E-state index in [4.69, 9.17) is 9.84 Å². The third kappa shape index (κ3) is 2.89. The second kappa shape index (κ2) is 7.19. The topological polar surface area (TPSA) is 116 Å². The van der Waals surface area contributed by atoms with Gasteiger partial charge in [-0.3, -0.25) is 19.3 Å². The van der Waals surface area contributed by atoms with Gasteiger partial charge in [0.1, 0.15) is 0 Å². The van der Waals surface area contributed by atoms with Crippen LogP contribution in [0.3, 0.4) is 0 Å². The molecule has 1 amide bonds. The lowest BCUT2D eigenvalue weighted by Gasteiger charge is -2.65. The summed E-state index contributed by atoms with van der Waals surface area (Å²) in [6.45, 7) is 1.83. The molecule has 6 rings (SSSR count). The predicted octanol–water partition coefficient (Wildman–Crippen LogP) is 1.90. The van der Waals surface area contributed by atoms with E-state index < -0.39 is 23.0 Å². The average Bonchev–Trinajstić information content (AvgIpc) is 3.50. The van der Waals surface area contributed by atoms with Gasteiger partial charge in [-0.2, -0.15) is 0 Å². The second-order valence-electron chi connectivity index (χ2n) is 10.6. The molecule has 3 N–H and O–H groups in total. The molecule has 176 valence electrons. The highest BCUT2D eigenvalue weighted by molar-refractivity contribution is 5.91. The van der Waals surface area contributed by atoms with Crippen molar-refractivity contribution in [3.05, 3.63) is 23.3 Å². The number of carboxylic acid groups (broad SMARTS) is 1. The van der Waals surface area contributed by atoms with Crippen LogP contribution in [0.1, 0.15) is 62.5 Å². The summed E-state index contributed by atoms with van der Waals surface area (Å²) in [6.07, 6.45) is 4.41. The molecule has 5 aliphatic rings. The van der Waals surface area contributed by atoms with Crippen molar-refractivity contribution in [3.63, 3.8) is 0 Å². The van der Waals surface area contributed by atoms with Crippen molar-refractivity contribution < 1.29 is 29.3 Å². The normalized spacial score (nSPS) is 33.9. The molecule has 1 aromatic carbocycles. The smallest absolute Gasteiger partial charge is 0.303 e. The number of Topliss-reactive ketones (excluding diaryl/α,β-unsaturated/α-hetero) is 1. The number of ether oxygens (including phenoxy) is 1. The number of hydrogen-bond donors (Lipinski definition) is 3. The lowest BCUT2D eigenvalue weighted by Crippen LogP contribution is -2.81. The van der Waals surface area contributed by atoms with Crippen LogP contribution in [0.4, 0.5) is 0 Å². The number of phenols is 1. The number of likely N-dealkylation sites (tertiary alicyclic amines) is 1. The summed E-state index contributed by atoms with van der Waals surface area (Å²) in [7, 11) is 0. The number of carbonyl (C=O) groups is 3. The van der Waals surface area contributed by atoms with E-state index in [1.807, 2.05) is 6.07 Å². The van der Waals surface area contributed by atoms with Gasteiger partial charge in [0, 0.05) is 37.4 Å². The highest BCUT2D eigenvalue weighted by atomic mass is 16.5. The van der Waals surface area contributed by atoms with Crippen molar-refractivity contribution in [1.29, 1.82) is 0 Å². The molecule has 2 heterocycles. The Balaban J connectivity index is 1.45. The first kappa shape index (κ1) is 21.0. The molecule has 3 aliphatic carbocycles. The van der Waals surface area contributed by atoms with E-state index in [-0.39, 0.29) is 42.7 Å². The molecule has 1 saturated heterocycles. The summed E-state index contributed by atoms with van der Waals surface area (Å²) in [5.41, 5.74) is 0.636. The van der Waals surface area contributed by atoms with Gasteiger partial charge in [-0.05, 0) is 62.6 Å². The van der Waals surface area contributed by atoms with E-state index >= 15 is 0 Å². The lowest BCUT2D eigenvalue weighted by molar-refractivity contribution is -0.150. The van der Waals surface area contributed by atoms with Crippen LogP contribution in [0.25, 0.3) is 0 Å². The Morgan fingerprint density at radius 2 is 2.03 bits per heavy atom. The summed E-state index contributed by atoms with van der Waals surface area (Å²) in [5.74, 6) is 0.103. The van der Waals surface area contributed by atoms with Crippen molar-refractivity contribution in [2.75, 3.05) is 13.1 Å². The van der Waals surface area contributed by atoms with Crippen LogP contribution in [0.15, 0.2) is 12.1 Å². The van der Waals surface area contributed by atoms with Gasteiger partial charge in [0.15, 0.2) is 23.4 Å². The van der Waals surface area contributed by atoms with Gasteiger partial charge in [-0.15, -0.1) is 0 Å². The first-order valence-electron chi connectivity index (χ1n) is 12.2. The van der Waals surface area contributed by atoms with E-state index in [9.17, 15) is 19.5 Å². The van der Waals surface area contributed by atoms with Crippen molar-refractivity contribution >= 4 is 17.7 Å². The van der Waals surface area contributed by atoms with Crippen LogP contribution in [-0.4, -0.2) is 63.5 Å². The molecule has 0 aromatic heterocycles. The third-order valence-corrected chi connectivity index (χ3v) is 8.77. The minimum absolute atomic E-state index is 0.0311. The number of carboxylic acids is 1. The van der Waals surface area contributed by atoms with Crippen molar-refractivity contribution in [2.24, 2.45) is 5.92 Å². The zero-order valence-corrected chi connectivity index (χ0v) is 18.6. The fourth-order valence-electron chi connectivity index (χ4n) is 7.27. The van der Waals surface area contributed by atoms with Crippen molar-refractivity contribution in [2.45, 2.75) is 80.9 Å². The van der Waals surface area contributed by atoms with E-state index in [2.05, 4.69) is 10.2 Å². The highest BCUT2D eigenvalue weighted by Gasteiger charge is 2.73. The summed E-state index contributed by atoms with van der Waals surface area (Å²) in [4.78, 5) is 39.8. The van der Waals surface area contributed by atoms with Gasteiger partial charge in [0.25, 0.3) is 0 Å². The number of carbonyl (C=O) groups excluding carboxylic acids is 2. The number of aromatic hydroxyl groups is 1. The van der Waals surface area contributed by atoms with Crippen LogP contribution >= 0.6 is 0 Å². The fourth-order valence-corrected chi connectivity index (χ4v) is 7.27. The number of benzene rings is 1. The van der Waals surface area contributed by atoms with Crippen LogP contribution in [0.5, 0.6) is 11.5 Å². The maximum absolute atomic E-state index is 13.2.